The van der Waals surface area contributed by atoms with Crippen molar-refractivity contribution in [3.8, 4) is 0 Å². The number of amides is 1. The molecule has 3 rings (SSSR count). The van der Waals surface area contributed by atoms with Gasteiger partial charge >= 0.3 is 0 Å². The first kappa shape index (κ1) is 18.0. The zero-order valence-electron chi connectivity index (χ0n) is 15.6. The van der Waals surface area contributed by atoms with Gasteiger partial charge in [0.1, 0.15) is 0 Å². The summed E-state index contributed by atoms with van der Waals surface area (Å²) < 4.78 is 0. The Hall–Kier alpha value is -0.795. The van der Waals surface area contributed by atoms with Gasteiger partial charge in [-0.1, -0.05) is 83.5 Å². The molecule has 1 amide bonds. The lowest BCUT2D eigenvalue weighted by molar-refractivity contribution is -0.120. The fourth-order valence-corrected chi connectivity index (χ4v) is 5.56. The zero-order chi connectivity index (χ0) is 16.8. The highest BCUT2D eigenvalue weighted by Crippen LogP contribution is 2.48. The van der Waals surface area contributed by atoms with Gasteiger partial charge in [0.05, 0.1) is 5.73 Å². The molecular weight excluding hydrogens is 295 g/mol. The van der Waals surface area contributed by atoms with Crippen molar-refractivity contribution in [1.82, 2.24) is 5.32 Å². The minimum absolute atomic E-state index is 0.191. The minimum Gasteiger partial charge on any atom is -0.323 e. The molecule has 24 heavy (non-hydrogen) atoms. The zero-order valence-corrected chi connectivity index (χ0v) is 15.6. The molecule has 0 radical (unpaired) electrons. The van der Waals surface area contributed by atoms with Crippen LogP contribution in [0.1, 0.15) is 89.9 Å². The van der Waals surface area contributed by atoms with E-state index in [1.165, 1.54) is 83.5 Å². The fourth-order valence-electron chi connectivity index (χ4n) is 5.56. The largest absolute Gasteiger partial charge is 0.323 e. The van der Waals surface area contributed by atoms with Gasteiger partial charge in [0.2, 0.25) is 13.2 Å². The highest BCUT2D eigenvalue weighted by Gasteiger charge is 2.41. The predicted octanol–water partition coefficient (Wildman–Crippen LogP) is 4.42. The Bertz CT molecular complexity index is 453. The molecule has 4 heteroatoms. The normalized spacial score (nSPS) is 31.7. The van der Waals surface area contributed by atoms with Crippen LogP contribution in [0.25, 0.3) is 0 Å². The molecule has 2 saturated carbocycles. The van der Waals surface area contributed by atoms with E-state index in [1.807, 2.05) is 7.05 Å². The van der Waals surface area contributed by atoms with Crippen LogP contribution in [0.5, 0.6) is 0 Å². The summed E-state index contributed by atoms with van der Waals surface area (Å²) >= 11 is 0. The molecule has 1 saturated heterocycles. The van der Waals surface area contributed by atoms with Crippen molar-refractivity contribution in [3.05, 3.63) is 0 Å². The van der Waals surface area contributed by atoms with E-state index < -0.39 is 0 Å². The van der Waals surface area contributed by atoms with Gasteiger partial charge in [0, 0.05) is 13.5 Å². The van der Waals surface area contributed by atoms with Gasteiger partial charge in [-0.15, -0.1) is 0 Å². The number of nitrogens with zero attached hydrogens (tertiary/aromatic N) is 1. The number of rotatable bonds is 5. The Balaban J connectivity index is 1.67. The number of amidine groups is 1. The second kappa shape index (κ2) is 8.53. The summed E-state index contributed by atoms with van der Waals surface area (Å²) in [6.07, 6.45) is 18.6. The van der Waals surface area contributed by atoms with Crippen LogP contribution in [0, 0.1) is 11.8 Å². The number of hydrogen-bond donors (Lipinski definition) is 1. The molecule has 3 nitrogen and oxygen atoms in total. The predicted molar refractivity (Wildman–Crippen MR) is 103 cm³/mol. The molecule has 1 N–H and O–H groups in total. The number of carbonyl (C=O) groups is 1. The van der Waals surface area contributed by atoms with E-state index in [1.54, 1.807) is 0 Å². The second-order valence-electron chi connectivity index (χ2n) is 8.82. The number of carbonyl (C=O) groups excluding carboxylic acids is 1. The van der Waals surface area contributed by atoms with E-state index in [0.717, 1.165) is 31.3 Å². The topological polar surface area (TPSA) is 41.5 Å². The van der Waals surface area contributed by atoms with E-state index in [2.05, 4.69) is 10.3 Å². The van der Waals surface area contributed by atoms with Crippen LogP contribution in [0.15, 0.2) is 4.99 Å². The van der Waals surface area contributed by atoms with Crippen LogP contribution in [0.4, 0.5) is 0 Å². The molecule has 1 atom stereocenters. The van der Waals surface area contributed by atoms with Crippen LogP contribution in [-0.2, 0) is 4.79 Å². The summed E-state index contributed by atoms with van der Waals surface area (Å²) in [6, 6.07) is 0. The molecule has 0 spiro atoms. The van der Waals surface area contributed by atoms with Crippen LogP contribution in [0.2, 0.25) is 5.31 Å². The monoisotopic (exact) mass is 330 g/mol. The van der Waals surface area contributed by atoms with E-state index in [9.17, 15) is 4.79 Å². The maximum atomic E-state index is 12.3. The van der Waals surface area contributed by atoms with Crippen molar-refractivity contribution < 1.29 is 4.79 Å². The Kier molecular flexibility index (Phi) is 6.40. The molecule has 0 aromatic rings. The van der Waals surface area contributed by atoms with Gasteiger partial charge in [-0.05, 0) is 17.2 Å². The van der Waals surface area contributed by atoms with Crippen molar-refractivity contribution >= 4 is 18.9 Å². The summed E-state index contributed by atoms with van der Waals surface area (Å²) in [7, 11) is 2.83. The van der Waals surface area contributed by atoms with Crippen LogP contribution >= 0.6 is 0 Å². The van der Waals surface area contributed by atoms with Gasteiger partial charge in [-0.2, -0.15) is 0 Å². The molecule has 3 aliphatic rings. The van der Waals surface area contributed by atoms with Crippen molar-refractivity contribution in [3.63, 3.8) is 0 Å². The second-order valence-corrected chi connectivity index (χ2v) is 8.82. The smallest absolute Gasteiger partial charge is 0.224 e. The highest BCUT2D eigenvalue weighted by molar-refractivity contribution is 6.79. The van der Waals surface area contributed by atoms with Gasteiger partial charge in [-0.25, -0.2) is 0 Å². The molecular formula is C20H35BN2O. The first-order chi connectivity index (χ1) is 11.7. The lowest BCUT2D eigenvalue weighted by Crippen LogP contribution is -2.48. The summed E-state index contributed by atoms with van der Waals surface area (Å²) in [4.78, 5) is 16.7. The van der Waals surface area contributed by atoms with Crippen LogP contribution in [-0.4, -0.2) is 26.0 Å². The Morgan fingerprint density at radius 1 is 1.04 bits per heavy atom. The van der Waals surface area contributed by atoms with E-state index in [4.69, 9.17) is 0 Å². The van der Waals surface area contributed by atoms with E-state index >= 15 is 0 Å². The average molecular weight is 330 g/mol. The SMILES string of the molecule is C/N=C1/BC(CCC2CCCCC2)(CC2CCCCC2)CC(=O)N1. The highest BCUT2D eigenvalue weighted by atomic mass is 16.1. The molecule has 0 aromatic heterocycles. The summed E-state index contributed by atoms with van der Waals surface area (Å²) in [5.74, 6) is 1.96. The Morgan fingerprint density at radius 3 is 2.29 bits per heavy atom. The number of hydrogen-bond acceptors (Lipinski definition) is 2. The lowest BCUT2D eigenvalue weighted by Gasteiger charge is -2.41. The lowest BCUT2D eigenvalue weighted by atomic mass is 9.43. The maximum Gasteiger partial charge on any atom is 0.224 e. The summed E-state index contributed by atoms with van der Waals surface area (Å²) in [6.45, 7) is 0. The molecule has 1 unspecified atom stereocenters. The molecule has 1 aliphatic heterocycles. The summed E-state index contributed by atoms with van der Waals surface area (Å²) in [5.41, 5.74) is 0.936. The number of aliphatic imine (C=N–C) groups is 1. The fraction of sp³-hybridized carbons (Fsp3) is 0.900. The Labute approximate surface area is 148 Å². The van der Waals surface area contributed by atoms with E-state index in [-0.39, 0.29) is 11.2 Å². The third kappa shape index (κ3) is 4.86. The van der Waals surface area contributed by atoms with Crippen molar-refractivity contribution in [1.29, 1.82) is 0 Å². The molecule has 0 bridgehead atoms. The van der Waals surface area contributed by atoms with Gasteiger partial charge in [0.15, 0.2) is 0 Å². The Morgan fingerprint density at radius 2 is 1.67 bits per heavy atom. The standard InChI is InChI=1S/C20H35BN2O/c1-22-19-21-20(15-18(24)23-19,14-17-10-6-3-7-11-17)13-12-16-8-4-2-5-9-16/h16-17,21H,2-15H2,1H3,(H,22,23,24). The van der Waals surface area contributed by atoms with E-state index in [0.29, 0.717) is 0 Å². The number of nitrogens with one attached hydrogen (secondary N) is 1. The molecule has 3 fully saturated rings. The quantitative estimate of drug-likeness (QED) is 0.745. The average Bonchev–Trinajstić information content (AvgIpc) is 2.61. The molecule has 1 heterocycles. The van der Waals surface area contributed by atoms with Crippen molar-refractivity contribution in [2.75, 3.05) is 7.05 Å². The third-order valence-electron chi connectivity index (χ3n) is 6.89. The van der Waals surface area contributed by atoms with Gasteiger partial charge in [-0.3, -0.25) is 9.79 Å². The van der Waals surface area contributed by atoms with Crippen LogP contribution in [0.3, 0.4) is 0 Å². The first-order valence-corrected chi connectivity index (χ1v) is 10.4. The van der Waals surface area contributed by atoms with Crippen molar-refractivity contribution in [2.45, 2.75) is 95.2 Å². The third-order valence-corrected chi connectivity index (χ3v) is 6.89. The van der Waals surface area contributed by atoms with Gasteiger partial charge < -0.3 is 5.32 Å². The molecule has 2 aliphatic carbocycles. The van der Waals surface area contributed by atoms with Gasteiger partial charge in [0.25, 0.3) is 0 Å². The van der Waals surface area contributed by atoms with Crippen LogP contribution < -0.4 is 5.32 Å². The maximum absolute atomic E-state index is 12.3. The van der Waals surface area contributed by atoms with Crippen molar-refractivity contribution in [2.24, 2.45) is 16.8 Å². The molecule has 0 aromatic carbocycles. The summed E-state index contributed by atoms with van der Waals surface area (Å²) in [5, 5.41) is 3.20. The molecule has 134 valence electrons. The first-order valence-electron chi connectivity index (χ1n) is 10.4. The minimum atomic E-state index is 0.191.